The van der Waals surface area contributed by atoms with Crippen molar-refractivity contribution < 1.29 is 4.74 Å². The monoisotopic (exact) mass is 321 g/mol. The van der Waals surface area contributed by atoms with Crippen LogP contribution in [0.15, 0.2) is 47.3 Å². The lowest BCUT2D eigenvalue weighted by Gasteiger charge is -2.31. The highest BCUT2D eigenvalue weighted by Gasteiger charge is 2.18. The van der Waals surface area contributed by atoms with Crippen LogP contribution in [0.4, 0.5) is 5.69 Å². The first-order valence-electron chi connectivity index (χ1n) is 8.14. The Morgan fingerprint density at radius 3 is 3.00 bits per heavy atom. The smallest absolute Gasteiger partial charge is 0.258 e. The first-order chi connectivity index (χ1) is 11.7. The first-order valence-corrected chi connectivity index (χ1v) is 8.14. The van der Waals surface area contributed by atoms with Crippen LogP contribution in [0.1, 0.15) is 17.8 Å². The second-order valence-electron chi connectivity index (χ2n) is 6.05. The van der Waals surface area contributed by atoms with Gasteiger partial charge in [0.15, 0.2) is 0 Å². The number of rotatable bonds is 3. The van der Waals surface area contributed by atoms with Gasteiger partial charge in [-0.25, -0.2) is 4.98 Å². The maximum absolute atomic E-state index is 12.2. The average molecular weight is 321 g/mol. The van der Waals surface area contributed by atoms with Gasteiger partial charge in [0.05, 0.1) is 24.6 Å². The largest absolute Gasteiger partial charge is 0.497 e. The first kappa shape index (κ1) is 14.8. The molecule has 0 amide bonds. The highest BCUT2D eigenvalue weighted by atomic mass is 16.5. The third-order valence-corrected chi connectivity index (χ3v) is 4.50. The SMILES string of the molecule is COc1ccc2c(c1)CCCN2Cc1nc2ccccc2c(=O)[nH]1. The van der Waals surface area contributed by atoms with Crippen LogP contribution in [-0.2, 0) is 13.0 Å². The van der Waals surface area contributed by atoms with Crippen molar-refractivity contribution in [3.63, 3.8) is 0 Å². The van der Waals surface area contributed by atoms with Crippen LogP contribution in [0.5, 0.6) is 5.75 Å². The van der Waals surface area contributed by atoms with Gasteiger partial charge in [0.2, 0.25) is 0 Å². The molecule has 2 heterocycles. The van der Waals surface area contributed by atoms with Crippen molar-refractivity contribution in [2.24, 2.45) is 0 Å². The summed E-state index contributed by atoms with van der Waals surface area (Å²) in [5, 5.41) is 0.630. The second kappa shape index (κ2) is 6.00. The van der Waals surface area contributed by atoms with Crippen molar-refractivity contribution in [3.05, 3.63) is 64.2 Å². The number of aromatic amines is 1. The molecular formula is C19H19N3O2. The number of para-hydroxylation sites is 1. The quantitative estimate of drug-likeness (QED) is 0.806. The Kier molecular flexibility index (Phi) is 3.69. The molecule has 0 saturated carbocycles. The van der Waals surface area contributed by atoms with E-state index in [0.29, 0.717) is 17.8 Å². The van der Waals surface area contributed by atoms with Gasteiger partial charge < -0.3 is 14.6 Å². The lowest BCUT2D eigenvalue weighted by Crippen LogP contribution is -2.30. The molecule has 4 rings (SSSR count). The summed E-state index contributed by atoms with van der Waals surface area (Å²) < 4.78 is 5.32. The Bertz CT molecular complexity index is 949. The molecule has 0 atom stereocenters. The molecule has 0 fully saturated rings. The minimum absolute atomic E-state index is 0.0810. The van der Waals surface area contributed by atoms with Crippen molar-refractivity contribution in [1.82, 2.24) is 9.97 Å². The van der Waals surface area contributed by atoms with E-state index in [-0.39, 0.29) is 5.56 Å². The van der Waals surface area contributed by atoms with Gasteiger partial charge in [-0.3, -0.25) is 4.79 Å². The number of benzene rings is 2. The van der Waals surface area contributed by atoms with Crippen molar-refractivity contribution >= 4 is 16.6 Å². The van der Waals surface area contributed by atoms with E-state index in [1.807, 2.05) is 24.3 Å². The summed E-state index contributed by atoms with van der Waals surface area (Å²) >= 11 is 0. The Hall–Kier alpha value is -2.82. The lowest BCUT2D eigenvalue weighted by molar-refractivity contribution is 0.414. The van der Waals surface area contributed by atoms with Crippen molar-refractivity contribution in [2.45, 2.75) is 19.4 Å². The summed E-state index contributed by atoms with van der Waals surface area (Å²) in [5.41, 5.74) is 3.13. The molecule has 1 N–H and O–H groups in total. The van der Waals surface area contributed by atoms with E-state index in [1.165, 1.54) is 11.3 Å². The summed E-state index contributed by atoms with van der Waals surface area (Å²) in [7, 11) is 1.69. The molecule has 1 aliphatic rings. The summed E-state index contributed by atoms with van der Waals surface area (Å²) in [6.45, 7) is 1.55. The van der Waals surface area contributed by atoms with Gasteiger partial charge in [0.1, 0.15) is 11.6 Å². The average Bonchev–Trinajstić information content (AvgIpc) is 2.61. The molecular weight excluding hydrogens is 302 g/mol. The maximum atomic E-state index is 12.2. The molecule has 1 aliphatic heterocycles. The van der Waals surface area contributed by atoms with Crippen molar-refractivity contribution in [1.29, 1.82) is 0 Å². The molecule has 0 bridgehead atoms. The summed E-state index contributed by atoms with van der Waals surface area (Å²) in [5.74, 6) is 1.58. The molecule has 0 aliphatic carbocycles. The third-order valence-electron chi connectivity index (χ3n) is 4.50. The van der Waals surface area contributed by atoms with E-state index < -0.39 is 0 Å². The normalized spacial score (nSPS) is 13.8. The fourth-order valence-electron chi connectivity index (χ4n) is 3.33. The number of anilines is 1. The van der Waals surface area contributed by atoms with E-state index >= 15 is 0 Å². The fourth-order valence-corrected chi connectivity index (χ4v) is 3.33. The van der Waals surface area contributed by atoms with Crippen molar-refractivity contribution in [3.8, 4) is 5.75 Å². The highest BCUT2D eigenvalue weighted by Crippen LogP contribution is 2.31. The number of aryl methyl sites for hydroxylation is 1. The minimum Gasteiger partial charge on any atom is -0.497 e. The van der Waals surface area contributed by atoms with Gasteiger partial charge in [-0.2, -0.15) is 0 Å². The zero-order chi connectivity index (χ0) is 16.5. The van der Waals surface area contributed by atoms with Gasteiger partial charge in [-0.1, -0.05) is 12.1 Å². The fraction of sp³-hybridized carbons (Fsp3) is 0.263. The number of hydrogen-bond donors (Lipinski definition) is 1. The van der Waals surface area contributed by atoms with Gasteiger partial charge in [-0.15, -0.1) is 0 Å². The van der Waals surface area contributed by atoms with E-state index in [4.69, 9.17) is 4.74 Å². The topological polar surface area (TPSA) is 58.2 Å². The molecule has 24 heavy (non-hydrogen) atoms. The van der Waals surface area contributed by atoms with E-state index in [9.17, 15) is 4.79 Å². The van der Waals surface area contributed by atoms with Crippen LogP contribution in [0, 0.1) is 0 Å². The van der Waals surface area contributed by atoms with Crippen LogP contribution >= 0.6 is 0 Å². The number of H-pyrrole nitrogens is 1. The Labute approximate surface area is 139 Å². The number of hydrogen-bond acceptors (Lipinski definition) is 4. The molecule has 0 unspecified atom stereocenters. The third kappa shape index (κ3) is 2.62. The van der Waals surface area contributed by atoms with Crippen LogP contribution < -0.4 is 15.2 Å². The second-order valence-corrected chi connectivity index (χ2v) is 6.05. The van der Waals surface area contributed by atoms with Crippen molar-refractivity contribution in [2.75, 3.05) is 18.6 Å². The molecule has 5 heteroatoms. The number of nitrogens with one attached hydrogen (secondary N) is 1. The number of methoxy groups -OCH3 is 1. The molecule has 5 nitrogen and oxygen atoms in total. The van der Waals surface area contributed by atoms with E-state index in [0.717, 1.165) is 30.7 Å². The predicted octanol–water partition coefficient (Wildman–Crippen LogP) is 2.88. The van der Waals surface area contributed by atoms with Crippen LogP contribution in [-0.4, -0.2) is 23.6 Å². The van der Waals surface area contributed by atoms with Crippen LogP contribution in [0.3, 0.4) is 0 Å². The van der Waals surface area contributed by atoms with E-state index in [1.54, 1.807) is 13.2 Å². The number of fused-ring (bicyclic) bond motifs is 2. The van der Waals surface area contributed by atoms with Crippen LogP contribution in [0.25, 0.3) is 10.9 Å². The van der Waals surface area contributed by atoms with E-state index in [2.05, 4.69) is 27.0 Å². The Morgan fingerprint density at radius 1 is 1.25 bits per heavy atom. The van der Waals surface area contributed by atoms with Gasteiger partial charge in [0, 0.05) is 12.2 Å². The Morgan fingerprint density at radius 2 is 2.12 bits per heavy atom. The number of ether oxygens (including phenoxy) is 1. The number of aromatic nitrogens is 2. The molecule has 1 aromatic heterocycles. The Balaban J connectivity index is 1.68. The van der Waals surface area contributed by atoms with Gasteiger partial charge >= 0.3 is 0 Å². The van der Waals surface area contributed by atoms with Gasteiger partial charge in [-0.05, 0) is 48.7 Å². The van der Waals surface area contributed by atoms with Crippen LogP contribution in [0.2, 0.25) is 0 Å². The maximum Gasteiger partial charge on any atom is 0.258 e. The molecule has 122 valence electrons. The highest BCUT2D eigenvalue weighted by molar-refractivity contribution is 5.77. The standard InChI is InChI=1S/C19H19N3O2/c1-24-14-8-9-17-13(11-14)5-4-10-22(17)12-18-20-16-7-3-2-6-15(16)19(23)21-18/h2-3,6-9,11H,4-5,10,12H2,1H3,(H,20,21,23). The molecule has 0 spiro atoms. The lowest BCUT2D eigenvalue weighted by atomic mass is 10.0. The zero-order valence-electron chi connectivity index (χ0n) is 13.6. The molecule has 0 saturated heterocycles. The molecule has 0 radical (unpaired) electrons. The van der Waals surface area contributed by atoms with Gasteiger partial charge in [0.25, 0.3) is 5.56 Å². The molecule has 2 aromatic carbocycles. The summed E-state index contributed by atoms with van der Waals surface area (Å²) in [6.07, 6.45) is 2.13. The number of nitrogens with zero attached hydrogens (tertiary/aromatic N) is 2. The minimum atomic E-state index is -0.0810. The zero-order valence-corrected chi connectivity index (χ0v) is 13.6. The molecule has 3 aromatic rings. The predicted molar refractivity (Wildman–Crippen MR) is 94.7 cm³/mol. The summed E-state index contributed by atoms with van der Waals surface area (Å²) in [4.78, 5) is 22.0. The summed E-state index contributed by atoms with van der Waals surface area (Å²) in [6, 6.07) is 13.6.